The van der Waals surface area contributed by atoms with Crippen molar-refractivity contribution in [3.05, 3.63) is 33.3 Å². The molecule has 18 heavy (non-hydrogen) atoms. The predicted molar refractivity (Wildman–Crippen MR) is 68.2 cm³/mol. The lowest BCUT2D eigenvalue weighted by Gasteiger charge is -2.12. The first-order chi connectivity index (χ1) is 8.27. The van der Waals surface area contributed by atoms with Crippen molar-refractivity contribution >= 4 is 27.3 Å². The molecule has 1 atom stereocenters. The Hall–Kier alpha value is -1.18. The van der Waals surface area contributed by atoms with Gasteiger partial charge in [0, 0.05) is 17.1 Å². The largest absolute Gasteiger partial charge is 0.290 e. The number of halogens is 1. The topological polar surface area (TPSA) is 89.3 Å². The van der Waals surface area contributed by atoms with Gasteiger partial charge in [0.25, 0.3) is 5.69 Å². The second-order valence-electron chi connectivity index (χ2n) is 3.80. The van der Waals surface area contributed by atoms with Gasteiger partial charge in [-0.05, 0) is 25.5 Å². The number of hydrogen-bond acceptors (Lipinski definition) is 4. The van der Waals surface area contributed by atoms with Crippen LogP contribution in [0, 0.1) is 10.1 Å². The molecule has 0 fully saturated rings. The maximum absolute atomic E-state index is 12.0. The molecule has 0 aromatic heterocycles. The summed E-state index contributed by atoms with van der Waals surface area (Å²) in [6.07, 6.45) is 0.584. The van der Waals surface area contributed by atoms with Crippen LogP contribution in [0.2, 0.25) is 5.02 Å². The Morgan fingerprint density at radius 3 is 2.61 bits per heavy atom. The van der Waals surface area contributed by atoms with Gasteiger partial charge < -0.3 is 0 Å². The van der Waals surface area contributed by atoms with Gasteiger partial charge in [0.1, 0.15) is 0 Å². The molecule has 1 unspecified atom stereocenters. The minimum atomic E-state index is -3.91. The van der Waals surface area contributed by atoms with E-state index in [1.165, 1.54) is 6.07 Å². The first kappa shape index (κ1) is 14.9. The van der Waals surface area contributed by atoms with Crippen LogP contribution in [0.3, 0.4) is 0 Å². The standard InChI is InChI=1S/C10H13ClN2O4S/c1-3-7(2)12-18(16,17)10-5-4-8(11)6-9(10)13(14)15/h4-7,12H,3H2,1-2H3. The Balaban J connectivity index is 3.28. The van der Waals surface area contributed by atoms with Crippen molar-refractivity contribution in [2.24, 2.45) is 0 Å². The molecule has 0 radical (unpaired) electrons. The molecule has 0 bridgehead atoms. The van der Waals surface area contributed by atoms with Crippen molar-refractivity contribution in [1.29, 1.82) is 0 Å². The van der Waals surface area contributed by atoms with Crippen molar-refractivity contribution in [2.75, 3.05) is 0 Å². The average Bonchev–Trinajstić information content (AvgIpc) is 2.27. The van der Waals surface area contributed by atoms with Crippen molar-refractivity contribution in [3.63, 3.8) is 0 Å². The van der Waals surface area contributed by atoms with E-state index in [2.05, 4.69) is 4.72 Å². The zero-order chi connectivity index (χ0) is 13.9. The van der Waals surface area contributed by atoms with E-state index >= 15 is 0 Å². The van der Waals surface area contributed by atoms with Gasteiger partial charge in [-0.15, -0.1) is 0 Å². The first-order valence-electron chi connectivity index (χ1n) is 5.24. The van der Waals surface area contributed by atoms with Gasteiger partial charge in [0.05, 0.1) is 4.92 Å². The highest BCUT2D eigenvalue weighted by Crippen LogP contribution is 2.27. The predicted octanol–water partition coefficient (Wildman–Crippen LogP) is 2.33. The second kappa shape index (κ2) is 5.64. The fourth-order valence-corrected chi connectivity index (χ4v) is 2.92. The third-order valence-electron chi connectivity index (χ3n) is 2.38. The van der Waals surface area contributed by atoms with Crippen LogP contribution in [0.25, 0.3) is 0 Å². The lowest BCUT2D eigenvalue weighted by molar-refractivity contribution is -0.387. The Morgan fingerprint density at radius 2 is 2.11 bits per heavy atom. The molecule has 1 aromatic carbocycles. The highest BCUT2D eigenvalue weighted by Gasteiger charge is 2.26. The van der Waals surface area contributed by atoms with Gasteiger partial charge in [0.2, 0.25) is 10.0 Å². The van der Waals surface area contributed by atoms with Gasteiger partial charge in [-0.2, -0.15) is 0 Å². The van der Waals surface area contributed by atoms with Crippen LogP contribution in [0.15, 0.2) is 23.1 Å². The van der Waals surface area contributed by atoms with E-state index < -0.39 is 20.6 Å². The number of nitro benzene ring substituents is 1. The minimum absolute atomic E-state index is 0.115. The average molecular weight is 293 g/mol. The summed E-state index contributed by atoms with van der Waals surface area (Å²) in [5.74, 6) is 0. The lowest BCUT2D eigenvalue weighted by Crippen LogP contribution is -2.32. The Bertz CT molecular complexity index is 559. The molecular weight excluding hydrogens is 280 g/mol. The molecule has 1 aromatic rings. The minimum Gasteiger partial charge on any atom is -0.258 e. The summed E-state index contributed by atoms with van der Waals surface area (Å²) in [5.41, 5.74) is -0.529. The highest BCUT2D eigenvalue weighted by atomic mass is 35.5. The summed E-state index contributed by atoms with van der Waals surface area (Å²) in [6, 6.07) is 3.16. The van der Waals surface area contributed by atoms with E-state index in [0.717, 1.165) is 12.1 Å². The summed E-state index contributed by atoms with van der Waals surface area (Å²) >= 11 is 5.62. The maximum atomic E-state index is 12.0. The molecule has 0 aliphatic heterocycles. The van der Waals surface area contributed by atoms with Crippen LogP contribution in [-0.2, 0) is 10.0 Å². The lowest BCUT2D eigenvalue weighted by atomic mass is 10.3. The number of rotatable bonds is 5. The van der Waals surface area contributed by atoms with Crippen molar-refractivity contribution in [1.82, 2.24) is 4.72 Å². The fourth-order valence-electron chi connectivity index (χ4n) is 1.27. The molecule has 0 amide bonds. The summed E-state index contributed by atoms with van der Waals surface area (Å²) in [6.45, 7) is 3.49. The number of hydrogen-bond donors (Lipinski definition) is 1. The zero-order valence-electron chi connectivity index (χ0n) is 9.88. The van der Waals surface area contributed by atoms with E-state index in [1.54, 1.807) is 6.92 Å². The van der Waals surface area contributed by atoms with Crippen LogP contribution in [0.5, 0.6) is 0 Å². The molecule has 8 heteroatoms. The third-order valence-corrected chi connectivity index (χ3v) is 4.25. The summed E-state index contributed by atoms with van der Waals surface area (Å²) in [4.78, 5) is 9.69. The van der Waals surface area contributed by atoms with Crippen LogP contribution in [0.4, 0.5) is 5.69 Å². The van der Waals surface area contributed by atoms with E-state index in [0.29, 0.717) is 6.42 Å². The molecule has 0 aliphatic rings. The molecular formula is C10H13ClN2O4S. The Morgan fingerprint density at radius 1 is 1.50 bits per heavy atom. The normalized spacial score (nSPS) is 13.3. The highest BCUT2D eigenvalue weighted by molar-refractivity contribution is 7.89. The van der Waals surface area contributed by atoms with E-state index in [-0.39, 0.29) is 16.0 Å². The Labute approximate surface area is 110 Å². The van der Waals surface area contributed by atoms with Gasteiger partial charge in [-0.1, -0.05) is 18.5 Å². The summed E-state index contributed by atoms with van der Waals surface area (Å²) in [7, 11) is -3.91. The van der Waals surface area contributed by atoms with Gasteiger partial charge >= 0.3 is 0 Å². The SMILES string of the molecule is CCC(C)NS(=O)(=O)c1ccc(Cl)cc1[N+](=O)[O-]. The summed E-state index contributed by atoms with van der Waals surface area (Å²) < 4.78 is 26.3. The number of nitrogens with one attached hydrogen (secondary N) is 1. The zero-order valence-corrected chi connectivity index (χ0v) is 11.5. The second-order valence-corrected chi connectivity index (χ2v) is 5.92. The van der Waals surface area contributed by atoms with Crippen molar-refractivity contribution in [3.8, 4) is 0 Å². The molecule has 0 heterocycles. The first-order valence-corrected chi connectivity index (χ1v) is 7.10. The van der Waals surface area contributed by atoms with E-state index in [4.69, 9.17) is 11.6 Å². The molecule has 1 N–H and O–H groups in total. The summed E-state index contributed by atoms with van der Waals surface area (Å²) in [5, 5.41) is 10.9. The molecule has 1 rings (SSSR count). The monoisotopic (exact) mass is 292 g/mol. The molecule has 0 saturated carbocycles. The van der Waals surface area contributed by atoms with Crippen molar-refractivity contribution in [2.45, 2.75) is 31.2 Å². The van der Waals surface area contributed by atoms with Crippen LogP contribution >= 0.6 is 11.6 Å². The Kier molecular flexibility index (Phi) is 4.66. The van der Waals surface area contributed by atoms with E-state index in [9.17, 15) is 18.5 Å². The fraction of sp³-hybridized carbons (Fsp3) is 0.400. The van der Waals surface area contributed by atoms with Gasteiger partial charge in [-0.25, -0.2) is 13.1 Å². The van der Waals surface area contributed by atoms with Crippen LogP contribution < -0.4 is 4.72 Å². The smallest absolute Gasteiger partial charge is 0.258 e. The maximum Gasteiger partial charge on any atom is 0.290 e. The van der Waals surface area contributed by atoms with Crippen LogP contribution in [0.1, 0.15) is 20.3 Å². The molecule has 0 spiro atoms. The van der Waals surface area contributed by atoms with E-state index in [1.807, 2.05) is 6.92 Å². The van der Waals surface area contributed by atoms with Gasteiger partial charge in [0.15, 0.2) is 4.90 Å². The molecule has 6 nitrogen and oxygen atoms in total. The number of benzene rings is 1. The number of nitrogens with zero attached hydrogens (tertiary/aromatic N) is 1. The van der Waals surface area contributed by atoms with Crippen LogP contribution in [-0.4, -0.2) is 19.4 Å². The molecule has 0 saturated heterocycles. The van der Waals surface area contributed by atoms with Gasteiger partial charge in [-0.3, -0.25) is 10.1 Å². The number of sulfonamides is 1. The third kappa shape index (κ3) is 3.41. The van der Waals surface area contributed by atoms with Crippen molar-refractivity contribution < 1.29 is 13.3 Å². The molecule has 0 aliphatic carbocycles. The quantitative estimate of drug-likeness (QED) is 0.666. The molecule has 100 valence electrons. The number of nitro groups is 1.